The number of aliphatic imine (C=N–C) groups is 1. The molecule has 0 atom stereocenters. The first-order valence-electron chi connectivity index (χ1n) is 9.35. The van der Waals surface area contributed by atoms with Gasteiger partial charge in [0.05, 0.1) is 3.79 Å². The summed E-state index contributed by atoms with van der Waals surface area (Å²) in [7, 11) is 1.83. The molecule has 2 fully saturated rings. The number of hydrogen-bond acceptors (Lipinski definition) is 4. The van der Waals surface area contributed by atoms with Crippen LogP contribution in [-0.2, 0) is 11.3 Å². The molecule has 2 N–H and O–H groups in total. The molecule has 1 saturated carbocycles. The molecule has 1 aromatic heterocycles. The van der Waals surface area contributed by atoms with Crippen molar-refractivity contribution in [3.63, 3.8) is 0 Å². The van der Waals surface area contributed by atoms with Crippen molar-refractivity contribution < 1.29 is 4.79 Å². The molecule has 1 amide bonds. The molecule has 0 unspecified atom stereocenters. The van der Waals surface area contributed by atoms with Gasteiger partial charge in [0.2, 0.25) is 5.91 Å². The van der Waals surface area contributed by atoms with Gasteiger partial charge in [0.1, 0.15) is 0 Å². The number of carbonyl (C=O) groups is 1. The minimum atomic E-state index is 0. The lowest BCUT2D eigenvalue weighted by molar-refractivity contribution is -0.121. The van der Waals surface area contributed by atoms with Crippen molar-refractivity contribution >= 4 is 63.1 Å². The maximum Gasteiger partial charge on any atom is 0.220 e. The maximum atomic E-state index is 11.7. The summed E-state index contributed by atoms with van der Waals surface area (Å²) in [5, 5.41) is 6.44. The van der Waals surface area contributed by atoms with Crippen LogP contribution in [0.4, 0.5) is 0 Å². The van der Waals surface area contributed by atoms with E-state index in [0.717, 1.165) is 64.5 Å². The van der Waals surface area contributed by atoms with Crippen molar-refractivity contribution in [2.24, 2.45) is 4.99 Å². The summed E-state index contributed by atoms with van der Waals surface area (Å²) in [4.78, 5) is 22.3. The third kappa shape index (κ3) is 7.86. The van der Waals surface area contributed by atoms with Crippen LogP contribution in [0.3, 0.4) is 0 Å². The number of nitrogens with zero attached hydrogens (tertiary/aromatic N) is 3. The van der Waals surface area contributed by atoms with Crippen molar-refractivity contribution in [2.45, 2.75) is 38.3 Å². The number of guanidine groups is 1. The average molecular weight is 570 g/mol. The molecule has 0 spiro atoms. The molecule has 2 heterocycles. The number of nitrogens with one attached hydrogen (secondary N) is 2. The summed E-state index contributed by atoms with van der Waals surface area (Å²) in [6.07, 6.45) is 3.72. The van der Waals surface area contributed by atoms with Crippen molar-refractivity contribution in [2.75, 3.05) is 39.8 Å². The molecule has 1 aliphatic heterocycles. The van der Waals surface area contributed by atoms with Gasteiger partial charge in [0, 0.05) is 63.7 Å². The van der Waals surface area contributed by atoms with Crippen molar-refractivity contribution in [3.05, 3.63) is 20.8 Å². The van der Waals surface area contributed by atoms with Gasteiger partial charge in [-0.1, -0.05) is 0 Å². The topological polar surface area (TPSA) is 60.0 Å². The van der Waals surface area contributed by atoms with Gasteiger partial charge in [-0.15, -0.1) is 35.3 Å². The molecule has 1 aliphatic carbocycles. The Morgan fingerprint density at radius 3 is 2.63 bits per heavy atom. The fourth-order valence-corrected chi connectivity index (χ4v) is 4.61. The van der Waals surface area contributed by atoms with E-state index < -0.39 is 0 Å². The molecule has 0 radical (unpaired) electrons. The summed E-state index contributed by atoms with van der Waals surface area (Å²) in [6, 6.07) is 4.77. The number of rotatable bonds is 7. The van der Waals surface area contributed by atoms with Crippen LogP contribution in [0.1, 0.15) is 30.6 Å². The molecule has 1 saturated heterocycles. The van der Waals surface area contributed by atoms with E-state index in [9.17, 15) is 4.79 Å². The predicted octanol–water partition coefficient (Wildman–Crippen LogP) is 2.88. The lowest BCUT2D eigenvalue weighted by Crippen LogP contribution is -2.52. The number of halogens is 2. The molecule has 1 aromatic rings. The molecule has 3 rings (SSSR count). The first-order valence-corrected chi connectivity index (χ1v) is 11.0. The lowest BCUT2D eigenvalue weighted by atomic mass is 10.3. The first kappa shape index (κ1) is 22.9. The highest BCUT2D eigenvalue weighted by Gasteiger charge is 2.23. The first-order chi connectivity index (χ1) is 12.6. The van der Waals surface area contributed by atoms with Crippen LogP contribution in [0.25, 0.3) is 0 Å². The Balaban J connectivity index is 0.00000261. The maximum absolute atomic E-state index is 11.7. The van der Waals surface area contributed by atoms with Gasteiger partial charge in [0.15, 0.2) is 5.96 Å². The minimum absolute atomic E-state index is 0. The van der Waals surface area contributed by atoms with Crippen LogP contribution in [0.5, 0.6) is 0 Å². The minimum Gasteiger partial charge on any atom is -0.356 e. The lowest BCUT2D eigenvalue weighted by Gasteiger charge is -2.36. The Bertz CT molecular complexity index is 629. The monoisotopic (exact) mass is 569 g/mol. The van der Waals surface area contributed by atoms with E-state index in [0.29, 0.717) is 12.5 Å². The zero-order valence-electron chi connectivity index (χ0n) is 15.7. The second-order valence-corrected chi connectivity index (χ2v) is 9.44. The summed E-state index contributed by atoms with van der Waals surface area (Å²) < 4.78 is 1.20. The van der Waals surface area contributed by atoms with Gasteiger partial charge in [-0.3, -0.25) is 14.7 Å². The third-order valence-electron chi connectivity index (χ3n) is 4.70. The van der Waals surface area contributed by atoms with Gasteiger partial charge in [-0.2, -0.15) is 0 Å². The van der Waals surface area contributed by atoms with Crippen LogP contribution in [0.2, 0.25) is 0 Å². The Hall–Kier alpha value is -0.390. The normalized spacial score (nSPS) is 18.1. The third-order valence-corrected chi connectivity index (χ3v) is 6.31. The van der Waals surface area contributed by atoms with E-state index in [4.69, 9.17) is 0 Å². The quantitative estimate of drug-likeness (QED) is 0.229. The van der Waals surface area contributed by atoms with E-state index in [1.54, 1.807) is 0 Å². The fraction of sp³-hybridized carbons (Fsp3) is 0.667. The van der Waals surface area contributed by atoms with Crippen molar-refractivity contribution in [1.29, 1.82) is 0 Å². The van der Waals surface area contributed by atoms with Gasteiger partial charge >= 0.3 is 0 Å². The Morgan fingerprint density at radius 1 is 1.30 bits per heavy atom. The molecule has 9 heteroatoms. The number of piperazine rings is 1. The Labute approximate surface area is 191 Å². The van der Waals surface area contributed by atoms with E-state index in [1.165, 1.54) is 8.66 Å². The number of carbonyl (C=O) groups excluding carboxylic acids is 1. The number of hydrogen-bond donors (Lipinski definition) is 2. The molecule has 2 aliphatic rings. The van der Waals surface area contributed by atoms with Crippen LogP contribution >= 0.6 is 51.2 Å². The highest BCUT2D eigenvalue weighted by molar-refractivity contribution is 14.0. The summed E-state index contributed by atoms with van der Waals surface area (Å²) in [6.45, 7) is 5.85. The SMILES string of the molecule is CN=C(NCCCC(=O)NC1CC1)N1CCN(Cc2ccc(Br)s2)CC1.I. The van der Waals surface area contributed by atoms with E-state index >= 15 is 0 Å². The molecule has 152 valence electrons. The zero-order valence-corrected chi connectivity index (χ0v) is 20.5. The second kappa shape index (κ2) is 11.6. The van der Waals surface area contributed by atoms with Gasteiger partial charge < -0.3 is 15.5 Å². The zero-order chi connectivity index (χ0) is 18.4. The average Bonchev–Trinajstić information content (AvgIpc) is 3.35. The predicted molar refractivity (Wildman–Crippen MR) is 126 cm³/mol. The molecule has 0 aromatic carbocycles. The van der Waals surface area contributed by atoms with Crippen LogP contribution in [0.15, 0.2) is 20.9 Å². The standard InChI is InChI=1S/C18H28BrN5OS.HI/c1-20-18(21-8-2-3-17(25)22-14-4-5-14)24-11-9-23(10-12-24)13-15-6-7-16(19)26-15;/h6-7,14H,2-5,8-13H2,1H3,(H,20,21)(H,22,25);1H. The fourth-order valence-electron chi connectivity index (χ4n) is 3.08. The van der Waals surface area contributed by atoms with E-state index in [-0.39, 0.29) is 29.9 Å². The van der Waals surface area contributed by atoms with Crippen LogP contribution in [-0.4, -0.2) is 67.5 Å². The van der Waals surface area contributed by atoms with Gasteiger partial charge in [-0.05, 0) is 47.3 Å². The number of amides is 1. The summed E-state index contributed by atoms with van der Waals surface area (Å²) in [5.41, 5.74) is 0. The van der Waals surface area contributed by atoms with E-state index in [2.05, 4.69) is 53.5 Å². The molecule has 27 heavy (non-hydrogen) atoms. The van der Waals surface area contributed by atoms with Gasteiger partial charge in [-0.25, -0.2) is 0 Å². The Kier molecular flexibility index (Phi) is 9.81. The van der Waals surface area contributed by atoms with Crippen molar-refractivity contribution in [1.82, 2.24) is 20.4 Å². The molecule has 6 nitrogen and oxygen atoms in total. The van der Waals surface area contributed by atoms with Gasteiger partial charge in [0.25, 0.3) is 0 Å². The highest BCUT2D eigenvalue weighted by Crippen LogP contribution is 2.23. The highest BCUT2D eigenvalue weighted by atomic mass is 127. The molecule has 0 bridgehead atoms. The van der Waals surface area contributed by atoms with Crippen LogP contribution in [0, 0.1) is 0 Å². The van der Waals surface area contributed by atoms with Crippen molar-refractivity contribution in [3.8, 4) is 0 Å². The molecular formula is C18H29BrIN5OS. The smallest absolute Gasteiger partial charge is 0.220 e. The number of thiophene rings is 1. The summed E-state index contributed by atoms with van der Waals surface area (Å²) in [5.74, 6) is 1.13. The van der Waals surface area contributed by atoms with Crippen LogP contribution < -0.4 is 10.6 Å². The Morgan fingerprint density at radius 2 is 2.04 bits per heavy atom. The summed E-state index contributed by atoms with van der Waals surface area (Å²) >= 11 is 5.34. The molecular weight excluding hydrogens is 541 g/mol. The van der Waals surface area contributed by atoms with E-state index in [1.807, 2.05) is 18.4 Å². The second-order valence-electron chi connectivity index (χ2n) is 6.89. The largest absolute Gasteiger partial charge is 0.356 e.